The van der Waals surface area contributed by atoms with Gasteiger partial charge in [-0.3, -0.25) is 4.79 Å². The van der Waals surface area contributed by atoms with E-state index in [4.69, 9.17) is 15.9 Å². The largest absolute Gasteiger partial charge is 0.497 e. The third kappa shape index (κ3) is 2.96. The maximum atomic E-state index is 13.3. The van der Waals surface area contributed by atoms with Gasteiger partial charge in [-0.1, -0.05) is 0 Å². The van der Waals surface area contributed by atoms with Gasteiger partial charge in [0, 0.05) is 35.2 Å². The van der Waals surface area contributed by atoms with E-state index in [0.29, 0.717) is 17.2 Å². The Bertz CT molecular complexity index is 1080. The van der Waals surface area contributed by atoms with Crippen LogP contribution in [0.3, 0.4) is 0 Å². The predicted octanol–water partition coefficient (Wildman–Crippen LogP) is 4.37. The summed E-state index contributed by atoms with van der Waals surface area (Å²) in [5.41, 5.74) is 3.15. The minimum Gasteiger partial charge on any atom is -0.497 e. The second-order valence-electron chi connectivity index (χ2n) is 7.67. The zero-order valence-corrected chi connectivity index (χ0v) is 17.4. The van der Waals surface area contributed by atoms with Gasteiger partial charge in [0.1, 0.15) is 18.1 Å². The van der Waals surface area contributed by atoms with Crippen molar-refractivity contribution in [3.8, 4) is 28.4 Å². The Morgan fingerprint density at radius 1 is 1.43 bits per heavy atom. The normalized spacial score (nSPS) is 13.2. The number of fused-ring (bicyclic) bond motifs is 3. The van der Waals surface area contributed by atoms with Gasteiger partial charge in [-0.15, -0.1) is 0 Å². The first-order chi connectivity index (χ1) is 13.7. The Kier molecular flexibility index (Phi) is 4.12. The molecule has 146 valence electrons. The number of aromatic nitrogens is 2. The number of carbonyl (C=O) groups is 1. The molecule has 0 saturated heterocycles. The van der Waals surface area contributed by atoms with E-state index < -0.39 is 0 Å². The van der Waals surface area contributed by atoms with Crippen molar-refractivity contribution in [2.24, 2.45) is 0 Å². The summed E-state index contributed by atoms with van der Waals surface area (Å²) in [4.78, 5) is 15.0. The van der Waals surface area contributed by atoms with Crippen molar-refractivity contribution < 1.29 is 15.6 Å². The SMILES string of the molecule is [2H]c1cc2c(cc1OC)OCc1c(C(=O)N(C)C(C)(C)C)nn(-c3ccsc3)c1-2. The van der Waals surface area contributed by atoms with Gasteiger partial charge in [-0.2, -0.15) is 16.4 Å². The fraction of sp³-hybridized carbons (Fsp3) is 0.333. The van der Waals surface area contributed by atoms with E-state index in [1.807, 2.05) is 37.6 Å². The Morgan fingerprint density at radius 3 is 2.86 bits per heavy atom. The summed E-state index contributed by atoms with van der Waals surface area (Å²) in [6.45, 7) is 6.18. The second kappa shape index (κ2) is 6.67. The molecule has 1 amide bonds. The topological polar surface area (TPSA) is 56.6 Å². The Labute approximate surface area is 169 Å². The van der Waals surface area contributed by atoms with Crippen LogP contribution < -0.4 is 9.47 Å². The highest BCUT2D eigenvalue weighted by atomic mass is 32.1. The van der Waals surface area contributed by atoms with Crippen LogP contribution in [0.25, 0.3) is 16.9 Å². The molecular weight excluding hydrogens is 374 g/mol. The molecule has 0 bridgehead atoms. The molecule has 7 heteroatoms. The number of methoxy groups -OCH3 is 1. The summed E-state index contributed by atoms with van der Waals surface area (Å²) in [6.07, 6.45) is 0. The number of hydrogen-bond donors (Lipinski definition) is 0. The molecule has 3 heterocycles. The molecule has 1 aliphatic heterocycles. The van der Waals surface area contributed by atoms with E-state index in [0.717, 1.165) is 22.5 Å². The highest BCUT2D eigenvalue weighted by Gasteiger charge is 2.34. The lowest BCUT2D eigenvalue weighted by molar-refractivity contribution is 0.0646. The van der Waals surface area contributed by atoms with Crippen molar-refractivity contribution in [1.29, 1.82) is 0 Å². The van der Waals surface area contributed by atoms with Crippen LogP contribution in [0.5, 0.6) is 11.5 Å². The van der Waals surface area contributed by atoms with Crippen LogP contribution in [0.4, 0.5) is 0 Å². The summed E-state index contributed by atoms with van der Waals surface area (Å²) < 4.78 is 21.3. The number of benzene rings is 1. The summed E-state index contributed by atoms with van der Waals surface area (Å²) >= 11 is 1.56. The van der Waals surface area contributed by atoms with Crippen LogP contribution in [0.15, 0.2) is 35.0 Å². The van der Waals surface area contributed by atoms with Gasteiger partial charge in [0.15, 0.2) is 5.69 Å². The number of nitrogens with zero attached hydrogens (tertiary/aromatic N) is 3. The third-order valence-corrected chi connectivity index (χ3v) is 5.65. The number of thiophene rings is 1. The van der Waals surface area contributed by atoms with Crippen LogP contribution in [0.1, 0.15) is 38.2 Å². The number of amides is 1. The first kappa shape index (κ1) is 17.3. The van der Waals surface area contributed by atoms with Crippen LogP contribution in [-0.4, -0.2) is 40.3 Å². The highest BCUT2D eigenvalue weighted by molar-refractivity contribution is 7.08. The van der Waals surface area contributed by atoms with Crippen molar-refractivity contribution in [3.05, 3.63) is 46.3 Å². The van der Waals surface area contributed by atoms with Gasteiger partial charge in [-0.05, 0) is 44.3 Å². The van der Waals surface area contributed by atoms with E-state index in [1.165, 1.54) is 7.11 Å². The van der Waals surface area contributed by atoms with Crippen LogP contribution in [-0.2, 0) is 6.61 Å². The monoisotopic (exact) mass is 398 g/mol. The lowest BCUT2D eigenvalue weighted by Gasteiger charge is -2.31. The fourth-order valence-corrected chi connectivity index (χ4v) is 3.70. The number of ether oxygens (including phenoxy) is 2. The summed E-state index contributed by atoms with van der Waals surface area (Å²) in [7, 11) is 3.31. The van der Waals surface area contributed by atoms with E-state index in [1.54, 1.807) is 40.1 Å². The molecule has 0 atom stereocenters. The summed E-state index contributed by atoms with van der Waals surface area (Å²) in [5, 5.41) is 8.65. The van der Waals surface area contributed by atoms with Crippen molar-refractivity contribution >= 4 is 17.2 Å². The maximum absolute atomic E-state index is 13.3. The van der Waals surface area contributed by atoms with Crippen molar-refractivity contribution in [3.63, 3.8) is 0 Å². The molecule has 28 heavy (non-hydrogen) atoms. The molecular formula is C21H23N3O3S. The van der Waals surface area contributed by atoms with Gasteiger partial charge in [-0.25, -0.2) is 4.68 Å². The Hall–Kier alpha value is -2.80. The van der Waals surface area contributed by atoms with Crippen LogP contribution in [0, 0.1) is 0 Å². The van der Waals surface area contributed by atoms with Gasteiger partial charge in [0.05, 0.1) is 19.9 Å². The zero-order valence-electron chi connectivity index (χ0n) is 17.6. The molecule has 0 spiro atoms. The van der Waals surface area contributed by atoms with Gasteiger partial charge in [0.25, 0.3) is 5.91 Å². The maximum Gasteiger partial charge on any atom is 0.274 e. The minimum absolute atomic E-state index is 0.158. The van der Waals surface area contributed by atoms with Crippen molar-refractivity contribution in [1.82, 2.24) is 14.7 Å². The molecule has 4 rings (SSSR count). The zero-order chi connectivity index (χ0) is 20.9. The molecule has 6 nitrogen and oxygen atoms in total. The minimum atomic E-state index is -0.342. The van der Waals surface area contributed by atoms with Gasteiger partial charge < -0.3 is 14.4 Å². The first-order valence-electron chi connectivity index (χ1n) is 9.46. The molecule has 3 aromatic rings. The molecule has 0 saturated carbocycles. The van der Waals surface area contributed by atoms with E-state index in [-0.39, 0.29) is 24.1 Å². The lowest BCUT2D eigenvalue weighted by Crippen LogP contribution is -2.43. The van der Waals surface area contributed by atoms with Gasteiger partial charge in [0.2, 0.25) is 0 Å². The third-order valence-electron chi connectivity index (χ3n) is 4.98. The second-order valence-corrected chi connectivity index (χ2v) is 8.45. The molecule has 1 aliphatic rings. The molecule has 0 fully saturated rings. The number of rotatable bonds is 3. The Balaban J connectivity index is 1.95. The van der Waals surface area contributed by atoms with E-state index in [2.05, 4.69) is 0 Å². The standard InChI is InChI=1S/C21H23N3O3S/c1-21(2,3)23(4)20(25)18-16-11-27-17-10-14(26-5)6-7-15(17)19(16)24(22-18)13-8-9-28-12-13/h6-10,12H,11H2,1-5H3/i6D. The molecule has 1 aromatic carbocycles. The molecule has 0 unspecified atom stereocenters. The quantitative estimate of drug-likeness (QED) is 0.657. The van der Waals surface area contributed by atoms with Crippen molar-refractivity contribution in [2.45, 2.75) is 32.9 Å². The molecule has 2 aromatic heterocycles. The van der Waals surface area contributed by atoms with E-state index >= 15 is 0 Å². The Morgan fingerprint density at radius 2 is 2.21 bits per heavy atom. The summed E-state index contributed by atoms with van der Waals surface area (Å²) in [5.74, 6) is 0.900. The average Bonchev–Trinajstić information content (AvgIpc) is 3.33. The lowest BCUT2D eigenvalue weighted by atomic mass is 10.0. The molecule has 0 N–H and O–H groups in total. The number of hydrogen-bond acceptors (Lipinski definition) is 5. The van der Waals surface area contributed by atoms with Crippen molar-refractivity contribution in [2.75, 3.05) is 14.2 Å². The van der Waals surface area contributed by atoms with Crippen LogP contribution in [0.2, 0.25) is 0 Å². The fourth-order valence-electron chi connectivity index (χ4n) is 3.09. The number of carbonyl (C=O) groups excluding carboxylic acids is 1. The smallest absolute Gasteiger partial charge is 0.274 e. The molecule has 0 radical (unpaired) electrons. The van der Waals surface area contributed by atoms with Gasteiger partial charge >= 0.3 is 0 Å². The highest BCUT2D eigenvalue weighted by Crippen LogP contribution is 2.42. The summed E-state index contributed by atoms with van der Waals surface area (Å²) in [6, 6.07) is 5.63. The molecule has 0 aliphatic carbocycles. The predicted molar refractivity (Wildman–Crippen MR) is 110 cm³/mol. The average molecular weight is 399 g/mol. The van der Waals surface area contributed by atoms with Crippen LogP contribution >= 0.6 is 11.3 Å². The van der Waals surface area contributed by atoms with E-state index in [9.17, 15) is 4.79 Å². The first-order valence-corrected chi connectivity index (χ1v) is 9.91.